The standard InChI is InChI=1S/C22H17ClF4O2/c23-17-6-10-19(11-7-17)29-20-3-1-2-15(12-20)13-28-14-21(22(25,26)27)16-4-8-18(24)9-5-16/h1-12,21H,13-14H2. The lowest BCUT2D eigenvalue weighted by molar-refractivity contribution is -0.163. The van der Waals surface area contributed by atoms with E-state index in [0.717, 1.165) is 24.3 Å². The van der Waals surface area contributed by atoms with E-state index < -0.39 is 24.5 Å². The highest BCUT2D eigenvalue weighted by Crippen LogP contribution is 2.35. The molecule has 0 heterocycles. The molecule has 0 fully saturated rings. The molecule has 0 aliphatic carbocycles. The lowest BCUT2D eigenvalue weighted by Crippen LogP contribution is -2.25. The van der Waals surface area contributed by atoms with Gasteiger partial charge in [-0.3, -0.25) is 0 Å². The molecule has 3 rings (SSSR count). The van der Waals surface area contributed by atoms with Crippen molar-refractivity contribution < 1.29 is 27.0 Å². The van der Waals surface area contributed by atoms with Gasteiger partial charge in [0.05, 0.1) is 13.2 Å². The van der Waals surface area contributed by atoms with E-state index in [1.165, 1.54) is 0 Å². The van der Waals surface area contributed by atoms with E-state index in [-0.39, 0.29) is 12.2 Å². The van der Waals surface area contributed by atoms with Crippen molar-refractivity contribution in [2.24, 2.45) is 0 Å². The van der Waals surface area contributed by atoms with Crippen molar-refractivity contribution in [1.82, 2.24) is 0 Å². The molecule has 0 aromatic heterocycles. The van der Waals surface area contributed by atoms with E-state index >= 15 is 0 Å². The lowest BCUT2D eigenvalue weighted by Gasteiger charge is -2.21. The quantitative estimate of drug-likeness (QED) is 0.375. The van der Waals surface area contributed by atoms with Crippen molar-refractivity contribution in [3.63, 3.8) is 0 Å². The number of ether oxygens (including phenoxy) is 2. The van der Waals surface area contributed by atoms with Gasteiger partial charge in [0, 0.05) is 5.02 Å². The van der Waals surface area contributed by atoms with Crippen LogP contribution in [0.15, 0.2) is 72.8 Å². The maximum absolute atomic E-state index is 13.4. The van der Waals surface area contributed by atoms with Crippen LogP contribution in [0.25, 0.3) is 0 Å². The van der Waals surface area contributed by atoms with Gasteiger partial charge in [0.25, 0.3) is 0 Å². The number of rotatable bonds is 7. The molecule has 0 saturated carbocycles. The minimum atomic E-state index is -4.50. The van der Waals surface area contributed by atoms with Gasteiger partial charge in [0.15, 0.2) is 0 Å². The van der Waals surface area contributed by atoms with Crippen molar-refractivity contribution in [1.29, 1.82) is 0 Å². The smallest absolute Gasteiger partial charge is 0.397 e. The normalized spacial score (nSPS) is 12.6. The fraction of sp³-hybridized carbons (Fsp3) is 0.182. The second-order valence-corrected chi connectivity index (χ2v) is 6.80. The van der Waals surface area contributed by atoms with Crippen LogP contribution < -0.4 is 4.74 Å². The molecular weight excluding hydrogens is 408 g/mol. The van der Waals surface area contributed by atoms with E-state index in [2.05, 4.69) is 0 Å². The maximum Gasteiger partial charge on any atom is 0.397 e. The van der Waals surface area contributed by atoms with Gasteiger partial charge < -0.3 is 9.47 Å². The molecule has 29 heavy (non-hydrogen) atoms. The largest absolute Gasteiger partial charge is 0.457 e. The van der Waals surface area contributed by atoms with Crippen LogP contribution in [0.4, 0.5) is 17.6 Å². The number of halogens is 5. The summed E-state index contributed by atoms with van der Waals surface area (Å²) in [5.41, 5.74) is 0.621. The van der Waals surface area contributed by atoms with Crippen LogP contribution in [0.1, 0.15) is 17.0 Å². The Labute approximate surface area is 170 Å². The second kappa shape index (κ2) is 9.29. The van der Waals surface area contributed by atoms with Crippen LogP contribution in [0.3, 0.4) is 0 Å². The van der Waals surface area contributed by atoms with E-state index in [1.54, 1.807) is 48.5 Å². The van der Waals surface area contributed by atoms with Gasteiger partial charge in [-0.15, -0.1) is 0 Å². The summed E-state index contributed by atoms with van der Waals surface area (Å²) in [6.07, 6.45) is -4.50. The molecule has 0 amide bonds. The topological polar surface area (TPSA) is 18.5 Å². The van der Waals surface area contributed by atoms with Crippen molar-refractivity contribution in [2.45, 2.75) is 18.7 Å². The zero-order valence-electron chi connectivity index (χ0n) is 15.1. The average Bonchev–Trinajstić information content (AvgIpc) is 2.67. The second-order valence-electron chi connectivity index (χ2n) is 6.36. The summed E-state index contributed by atoms with van der Waals surface area (Å²) < 4.78 is 64.1. The van der Waals surface area contributed by atoms with Crippen LogP contribution in [-0.2, 0) is 11.3 Å². The van der Waals surface area contributed by atoms with E-state index in [0.29, 0.717) is 22.1 Å². The predicted octanol–water partition coefficient (Wildman–Crippen LogP) is 7.13. The first-order valence-electron chi connectivity index (χ1n) is 8.73. The highest BCUT2D eigenvalue weighted by Gasteiger charge is 2.40. The van der Waals surface area contributed by atoms with Gasteiger partial charge in [0.1, 0.15) is 23.2 Å². The van der Waals surface area contributed by atoms with E-state index in [1.807, 2.05) is 0 Å². The molecule has 7 heteroatoms. The summed E-state index contributed by atoms with van der Waals surface area (Å²) in [4.78, 5) is 0. The SMILES string of the molecule is Fc1ccc(C(COCc2cccc(Oc3ccc(Cl)cc3)c2)C(F)(F)F)cc1. The van der Waals surface area contributed by atoms with Crippen LogP contribution in [-0.4, -0.2) is 12.8 Å². The molecule has 0 N–H and O–H groups in total. The summed E-state index contributed by atoms with van der Waals surface area (Å²) in [7, 11) is 0. The first-order valence-corrected chi connectivity index (χ1v) is 9.11. The van der Waals surface area contributed by atoms with Crippen molar-refractivity contribution in [3.05, 3.63) is 94.8 Å². The molecule has 3 aromatic carbocycles. The summed E-state index contributed by atoms with van der Waals surface area (Å²) in [6.45, 7) is -0.594. The average molecular weight is 425 g/mol. The molecule has 0 spiro atoms. The zero-order chi connectivity index (χ0) is 20.9. The van der Waals surface area contributed by atoms with Gasteiger partial charge in [-0.2, -0.15) is 13.2 Å². The Bertz CT molecular complexity index is 925. The number of hydrogen-bond acceptors (Lipinski definition) is 2. The predicted molar refractivity (Wildman–Crippen MR) is 103 cm³/mol. The third kappa shape index (κ3) is 6.21. The molecule has 0 saturated heterocycles. The highest BCUT2D eigenvalue weighted by atomic mass is 35.5. The molecular formula is C22H17ClF4O2. The van der Waals surface area contributed by atoms with Gasteiger partial charge in [-0.1, -0.05) is 35.9 Å². The van der Waals surface area contributed by atoms with Gasteiger partial charge in [-0.25, -0.2) is 4.39 Å². The van der Waals surface area contributed by atoms with Gasteiger partial charge >= 0.3 is 6.18 Å². The number of alkyl halides is 3. The van der Waals surface area contributed by atoms with Gasteiger partial charge in [-0.05, 0) is 59.7 Å². The Balaban J connectivity index is 1.62. The summed E-state index contributed by atoms with van der Waals surface area (Å²) >= 11 is 5.84. The van der Waals surface area contributed by atoms with Crippen molar-refractivity contribution in [2.75, 3.05) is 6.61 Å². The first kappa shape index (κ1) is 21.1. The zero-order valence-corrected chi connectivity index (χ0v) is 15.9. The van der Waals surface area contributed by atoms with E-state index in [4.69, 9.17) is 21.1 Å². The molecule has 0 radical (unpaired) electrons. The molecule has 1 atom stereocenters. The van der Waals surface area contributed by atoms with Crippen LogP contribution in [0.2, 0.25) is 5.02 Å². The fourth-order valence-corrected chi connectivity index (χ4v) is 2.83. The Hall–Kier alpha value is -2.57. The monoisotopic (exact) mass is 424 g/mol. The molecule has 0 bridgehead atoms. The fourth-order valence-electron chi connectivity index (χ4n) is 2.71. The third-order valence-electron chi connectivity index (χ3n) is 4.17. The molecule has 152 valence electrons. The van der Waals surface area contributed by atoms with Crippen LogP contribution in [0.5, 0.6) is 11.5 Å². The summed E-state index contributed by atoms with van der Waals surface area (Å²) in [5, 5.41) is 0.583. The number of hydrogen-bond donors (Lipinski definition) is 0. The van der Waals surface area contributed by atoms with Crippen LogP contribution >= 0.6 is 11.6 Å². The Kier molecular flexibility index (Phi) is 6.77. The summed E-state index contributed by atoms with van der Waals surface area (Å²) in [6, 6.07) is 17.9. The summed E-state index contributed by atoms with van der Waals surface area (Å²) in [5.74, 6) is -1.31. The molecule has 0 aliphatic rings. The Morgan fingerprint density at radius 1 is 0.862 bits per heavy atom. The highest BCUT2D eigenvalue weighted by molar-refractivity contribution is 6.30. The van der Waals surface area contributed by atoms with Crippen molar-refractivity contribution in [3.8, 4) is 11.5 Å². The maximum atomic E-state index is 13.4. The van der Waals surface area contributed by atoms with E-state index in [9.17, 15) is 17.6 Å². The molecule has 0 aliphatic heterocycles. The molecule has 1 unspecified atom stereocenters. The van der Waals surface area contributed by atoms with Crippen molar-refractivity contribution >= 4 is 11.6 Å². The molecule has 3 aromatic rings. The Morgan fingerprint density at radius 2 is 1.55 bits per heavy atom. The Morgan fingerprint density at radius 3 is 2.21 bits per heavy atom. The van der Waals surface area contributed by atoms with Crippen LogP contribution in [0, 0.1) is 5.82 Å². The minimum absolute atomic E-state index is 0.0222. The number of benzene rings is 3. The minimum Gasteiger partial charge on any atom is -0.457 e. The third-order valence-corrected chi connectivity index (χ3v) is 4.42. The molecule has 2 nitrogen and oxygen atoms in total. The first-order chi connectivity index (χ1) is 13.8. The lowest BCUT2D eigenvalue weighted by atomic mass is 9.99. The van der Waals surface area contributed by atoms with Gasteiger partial charge in [0.2, 0.25) is 0 Å².